The van der Waals surface area contributed by atoms with Gasteiger partial charge in [-0.2, -0.15) is 0 Å². The zero-order valence-electron chi connectivity index (χ0n) is 30.5. The predicted molar refractivity (Wildman–Crippen MR) is 228 cm³/mol. The monoisotopic (exact) mass is 725 g/mol. The molecule has 0 unspecified atom stereocenters. The lowest BCUT2D eigenvalue weighted by molar-refractivity contribution is 0.745. The summed E-state index contributed by atoms with van der Waals surface area (Å²) in [6.45, 7) is 2.09. The molecule has 0 saturated heterocycles. The first kappa shape index (κ1) is 35.6. The Hall–Kier alpha value is -7.44. The number of rotatable bonds is 11. The van der Waals surface area contributed by atoms with Crippen LogP contribution in [0.2, 0.25) is 0 Å². The van der Waals surface area contributed by atoms with Crippen LogP contribution in [0.15, 0.2) is 210 Å². The van der Waals surface area contributed by atoms with Crippen LogP contribution in [-0.4, -0.2) is 0 Å². The van der Waals surface area contributed by atoms with Gasteiger partial charge in [-0.1, -0.05) is 163 Å². The second-order valence-corrected chi connectivity index (χ2v) is 13.8. The Morgan fingerprint density at radius 1 is 0.268 bits per heavy atom. The molecule has 0 radical (unpaired) electrons. The van der Waals surface area contributed by atoms with E-state index >= 15 is 0 Å². The van der Waals surface area contributed by atoms with E-state index in [0.29, 0.717) is 17.1 Å². The van der Waals surface area contributed by atoms with Gasteiger partial charge in [-0.3, -0.25) is 0 Å². The number of benzene rings is 8. The van der Waals surface area contributed by atoms with Crippen LogP contribution in [0.25, 0.3) is 44.5 Å². The molecule has 0 aliphatic rings. The molecular formula is C50H35N3O3. The maximum Gasteiger partial charge on any atom is 0.108 e. The molecule has 268 valence electrons. The predicted octanol–water partition coefficient (Wildman–Crippen LogP) is 14.2. The van der Waals surface area contributed by atoms with E-state index < -0.39 is 5.41 Å². The highest BCUT2D eigenvalue weighted by Gasteiger charge is 2.38. The Balaban J connectivity index is 1.32. The van der Waals surface area contributed by atoms with E-state index in [1.165, 1.54) is 5.56 Å². The number of nitrogens with zero attached hydrogens (tertiary/aromatic N) is 3. The van der Waals surface area contributed by atoms with Crippen molar-refractivity contribution in [2.75, 3.05) is 0 Å². The molecule has 56 heavy (non-hydrogen) atoms. The highest BCUT2D eigenvalue weighted by atomic mass is 16.3. The van der Waals surface area contributed by atoms with Crippen LogP contribution < -0.4 is 0 Å². The molecule has 0 saturated carbocycles. The molecule has 0 aromatic heterocycles. The van der Waals surface area contributed by atoms with E-state index in [0.717, 1.165) is 66.8 Å². The molecule has 0 fully saturated rings. The third kappa shape index (κ3) is 6.88. The average Bonchev–Trinajstić information content (AvgIpc) is 3.28. The first-order chi connectivity index (χ1) is 27.5. The van der Waals surface area contributed by atoms with Gasteiger partial charge in [0.2, 0.25) is 0 Å². The van der Waals surface area contributed by atoms with Crippen molar-refractivity contribution in [2.45, 2.75) is 12.3 Å². The lowest BCUT2D eigenvalue weighted by Crippen LogP contribution is -2.31. The zero-order valence-corrected chi connectivity index (χ0v) is 30.5. The molecule has 0 N–H and O–H groups in total. The fraction of sp³-hybridized carbons (Fsp3) is 0.0400. The fourth-order valence-electron chi connectivity index (χ4n) is 7.54. The lowest BCUT2D eigenvalue weighted by atomic mass is 9.64. The summed E-state index contributed by atoms with van der Waals surface area (Å²) in [6, 6.07) is 65.1. The Morgan fingerprint density at radius 2 is 0.446 bits per heavy atom. The molecule has 0 bridgehead atoms. The Morgan fingerprint density at radius 3 is 0.643 bits per heavy atom. The summed E-state index contributed by atoms with van der Waals surface area (Å²) in [7, 11) is 0. The van der Waals surface area contributed by atoms with Crippen molar-refractivity contribution >= 4 is 17.1 Å². The minimum atomic E-state index is -0.761. The van der Waals surface area contributed by atoms with Gasteiger partial charge in [0.1, 0.15) is 17.1 Å². The van der Waals surface area contributed by atoms with Crippen molar-refractivity contribution in [3.8, 4) is 44.5 Å². The highest BCUT2D eigenvalue weighted by Crippen LogP contribution is 2.47. The molecular weight excluding hydrogens is 691 g/mol. The van der Waals surface area contributed by atoms with E-state index in [-0.39, 0.29) is 0 Å². The maximum absolute atomic E-state index is 11.1. The van der Waals surface area contributed by atoms with Crippen LogP contribution >= 0.6 is 0 Å². The van der Waals surface area contributed by atoms with Crippen LogP contribution in [0.5, 0.6) is 0 Å². The topological polar surface area (TPSA) is 88.3 Å². The van der Waals surface area contributed by atoms with Gasteiger partial charge in [0.25, 0.3) is 0 Å². The summed E-state index contributed by atoms with van der Waals surface area (Å²) >= 11 is 0. The number of hydrogen-bond donors (Lipinski definition) is 0. The van der Waals surface area contributed by atoms with Crippen LogP contribution in [0, 0.1) is 21.6 Å². The summed E-state index contributed by atoms with van der Waals surface area (Å²) < 4.78 is 0. The van der Waals surface area contributed by atoms with Crippen LogP contribution in [0.3, 0.4) is 0 Å². The van der Waals surface area contributed by atoms with E-state index in [2.05, 4.69) is 144 Å². The number of hydrogen-bond acceptors (Lipinski definition) is 6. The van der Waals surface area contributed by atoms with Gasteiger partial charge in [-0.05, 0) is 126 Å². The quantitative estimate of drug-likeness (QED) is 0.0982. The summed E-state index contributed by atoms with van der Waals surface area (Å²) in [5, 5.41) is 9.19. The van der Waals surface area contributed by atoms with Gasteiger partial charge in [0.15, 0.2) is 0 Å². The first-order valence-electron chi connectivity index (χ1n) is 18.3. The molecule has 8 rings (SSSR count). The van der Waals surface area contributed by atoms with Crippen LogP contribution in [0.1, 0.15) is 27.8 Å². The maximum atomic E-state index is 11.1. The summed E-state index contributed by atoms with van der Waals surface area (Å²) in [5.74, 6) is 0. The van der Waals surface area contributed by atoms with Crippen molar-refractivity contribution in [3.63, 3.8) is 0 Å². The van der Waals surface area contributed by atoms with Crippen LogP contribution in [-0.2, 0) is 5.41 Å². The fourth-order valence-corrected chi connectivity index (χ4v) is 7.54. The zero-order chi connectivity index (χ0) is 38.5. The van der Waals surface area contributed by atoms with Gasteiger partial charge < -0.3 is 0 Å². The third-order valence-electron chi connectivity index (χ3n) is 10.6. The summed E-state index contributed by atoms with van der Waals surface area (Å²) in [5.41, 5.74) is 14.2. The molecule has 0 aliphatic heterocycles. The third-order valence-corrected chi connectivity index (χ3v) is 10.6. The normalized spacial score (nSPS) is 11.2. The molecule has 8 aromatic rings. The smallest absolute Gasteiger partial charge is 0.108 e. The molecule has 0 amide bonds. The van der Waals surface area contributed by atoms with E-state index in [1.807, 2.05) is 36.4 Å². The second kappa shape index (κ2) is 15.5. The minimum absolute atomic E-state index is 0.387. The van der Waals surface area contributed by atoms with E-state index in [4.69, 9.17) is 0 Å². The molecule has 0 aliphatic carbocycles. The standard InChI is InChI=1S/C50H35N3O3/c1-34-2-4-35(5-3-34)36-6-20-43(21-7-36)50(44-22-8-37(9-23-44)40-14-28-47(51-54)29-15-40,45-24-10-38(11-25-45)41-16-30-48(52-55)31-17-41)46-26-12-39(13-27-46)42-18-32-49(53-56)33-19-42/h2-33H,1H3. The van der Waals surface area contributed by atoms with Crippen molar-refractivity contribution < 1.29 is 0 Å². The summed E-state index contributed by atoms with van der Waals surface area (Å²) in [6.07, 6.45) is 0. The van der Waals surface area contributed by atoms with Gasteiger partial charge in [-0.25, -0.2) is 0 Å². The number of aryl methyl sites for hydroxylation is 1. The highest BCUT2D eigenvalue weighted by molar-refractivity contribution is 5.73. The molecule has 6 nitrogen and oxygen atoms in total. The molecule has 8 aromatic carbocycles. The van der Waals surface area contributed by atoms with Gasteiger partial charge in [0.05, 0.1) is 5.41 Å². The Kier molecular flexibility index (Phi) is 9.85. The molecule has 0 spiro atoms. The van der Waals surface area contributed by atoms with Gasteiger partial charge in [0, 0.05) is 0 Å². The first-order valence-corrected chi connectivity index (χ1v) is 18.3. The largest absolute Gasteiger partial charge is 0.145 e. The van der Waals surface area contributed by atoms with Crippen molar-refractivity contribution in [3.05, 3.63) is 237 Å². The Bertz CT molecular complexity index is 2390. The van der Waals surface area contributed by atoms with E-state index in [1.54, 1.807) is 36.4 Å². The van der Waals surface area contributed by atoms with Crippen molar-refractivity contribution in [1.82, 2.24) is 0 Å². The summed E-state index contributed by atoms with van der Waals surface area (Å²) in [4.78, 5) is 33.3. The Labute approximate surface area is 325 Å². The minimum Gasteiger partial charge on any atom is -0.145 e. The van der Waals surface area contributed by atoms with Crippen molar-refractivity contribution in [2.24, 2.45) is 15.5 Å². The molecule has 0 atom stereocenters. The second-order valence-electron chi connectivity index (χ2n) is 13.8. The molecule has 6 heteroatoms. The van der Waals surface area contributed by atoms with E-state index in [9.17, 15) is 14.7 Å². The van der Waals surface area contributed by atoms with Gasteiger partial charge in [-0.15, -0.1) is 14.7 Å². The SMILES string of the molecule is Cc1ccc(-c2ccc(C(c3ccc(-c4ccc(N=O)cc4)cc3)(c3ccc(-c4ccc(N=O)cc4)cc3)c3ccc(-c4ccc(N=O)cc4)cc3)cc2)cc1. The van der Waals surface area contributed by atoms with Crippen LogP contribution in [0.4, 0.5) is 17.1 Å². The average molecular weight is 726 g/mol. The lowest BCUT2D eigenvalue weighted by Gasteiger charge is -2.37. The molecule has 0 heterocycles. The van der Waals surface area contributed by atoms with Crippen molar-refractivity contribution in [1.29, 1.82) is 0 Å². The van der Waals surface area contributed by atoms with Gasteiger partial charge >= 0.3 is 0 Å². The number of nitroso groups, excluding NO2 is 3.